The second-order valence-electron chi connectivity index (χ2n) is 6.09. The molecule has 0 radical (unpaired) electrons. The number of hydrogen-bond acceptors (Lipinski definition) is 6. The summed E-state index contributed by atoms with van der Waals surface area (Å²) < 4.78 is 29.9. The van der Waals surface area contributed by atoms with Crippen molar-refractivity contribution in [1.29, 1.82) is 0 Å². The number of hydrogen-bond donors (Lipinski definition) is 2. The molecular formula is C17H19F2N3O5S. The van der Waals surface area contributed by atoms with Crippen molar-refractivity contribution >= 4 is 41.3 Å². The summed E-state index contributed by atoms with van der Waals surface area (Å²) in [5.74, 6) is -4.91. The Morgan fingerprint density at radius 3 is 2.61 bits per heavy atom. The first-order chi connectivity index (χ1) is 13.2. The standard InChI is InChI=1S/C17H19F2N3O5S/c1-3-17(2)14(25)22(16(26)21-17)8-13(24)27-9-12(23)20-10-6-4-5-7-11(10)28-15(18)19/h4-7,15H,3,8-9H2,1-2H3,(H,20,23)(H,21,26). The van der Waals surface area contributed by atoms with Crippen LogP contribution in [-0.2, 0) is 19.1 Å². The van der Waals surface area contributed by atoms with Gasteiger partial charge in [0.15, 0.2) is 6.61 Å². The topological polar surface area (TPSA) is 105 Å². The fraction of sp³-hybridized carbons (Fsp3) is 0.412. The number of benzene rings is 1. The number of carbonyl (C=O) groups excluding carboxylic acids is 4. The molecule has 152 valence electrons. The Labute approximate surface area is 164 Å². The lowest BCUT2D eigenvalue weighted by atomic mass is 9.99. The first kappa shape index (κ1) is 21.6. The van der Waals surface area contributed by atoms with Crippen LogP contribution >= 0.6 is 11.8 Å². The zero-order valence-corrected chi connectivity index (χ0v) is 16.0. The van der Waals surface area contributed by atoms with E-state index < -0.39 is 48.3 Å². The van der Waals surface area contributed by atoms with Crippen LogP contribution in [0, 0.1) is 0 Å². The molecule has 1 atom stereocenters. The highest BCUT2D eigenvalue weighted by Crippen LogP contribution is 2.31. The summed E-state index contributed by atoms with van der Waals surface area (Å²) in [5.41, 5.74) is -0.928. The van der Waals surface area contributed by atoms with Crippen molar-refractivity contribution in [3.63, 3.8) is 0 Å². The average molecular weight is 415 g/mol. The molecule has 0 aliphatic carbocycles. The predicted octanol–water partition coefficient (Wildman–Crippen LogP) is 2.20. The molecule has 1 aromatic rings. The molecule has 4 amide bonds. The molecule has 1 aliphatic heterocycles. The summed E-state index contributed by atoms with van der Waals surface area (Å²) in [5, 5.41) is 4.87. The van der Waals surface area contributed by atoms with E-state index in [0.717, 1.165) is 4.90 Å². The zero-order valence-electron chi connectivity index (χ0n) is 15.2. The Bertz CT molecular complexity index is 792. The van der Waals surface area contributed by atoms with E-state index in [2.05, 4.69) is 10.6 Å². The molecule has 1 aliphatic rings. The molecule has 1 heterocycles. The van der Waals surface area contributed by atoms with Crippen LogP contribution in [0.5, 0.6) is 0 Å². The quantitative estimate of drug-likeness (QED) is 0.383. The zero-order chi connectivity index (χ0) is 20.9. The van der Waals surface area contributed by atoms with Crippen LogP contribution < -0.4 is 10.6 Å². The molecule has 1 saturated heterocycles. The summed E-state index contributed by atoms with van der Waals surface area (Å²) in [4.78, 5) is 48.7. The van der Waals surface area contributed by atoms with E-state index in [1.165, 1.54) is 12.1 Å². The monoisotopic (exact) mass is 415 g/mol. The maximum absolute atomic E-state index is 12.5. The average Bonchev–Trinajstić information content (AvgIpc) is 2.85. The highest BCUT2D eigenvalue weighted by molar-refractivity contribution is 7.99. The number of anilines is 1. The molecule has 8 nitrogen and oxygen atoms in total. The number of imide groups is 1. The van der Waals surface area contributed by atoms with Crippen LogP contribution in [0.1, 0.15) is 20.3 Å². The van der Waals surface area contributed by atoms with Gasteiger partial charge in [0.1, 0.15) is 12.1 Å². The van der Waals surface area contributed by atoms with Gasteiger partial charge in [-0.15, -0.1) is 0 Å². The molecule has 0 saturated carbocycles. The van der Waals surface area contributed by atoms with Crippen LogP contribution in [-0.4, -0.2) is 53.2 Å². The van der Waals surface area contributed by atoms with E-state index in [4.69, 9.17) is 4.74 Å². The SMILES string of the molecule is CCC1(C)NC(=O)N(CC(=O)OCC(=O)Nc2ccccc2SC(F)F)C1=O. The van der Waals surface area contributed by atoms with Crippen molar-refractivity contribution in [2.24, 2.45) is 0 Å². The maximum Gasteiger partial charge on any atom is 0.326 e. The first-order valence-electron chi connectivity index (χ1n) is 8.29. The highest BCUT2D eigenvalue weighted by Gasteiger charge is 2.47. The number of thioether (sulfide) groups is 1. The van der Waals surface area contributed by atoms with Gasteiger partial charge in [-0.2, -0.15) is 8.78 Å². The maximum atomic E-state index is 12.5. The minimum absolute atomic E-state index is 0.154. The molecular weight excluding hydrogens is 396 g/mol. The second kappa shape index (κ2) is 9.00. The van der Waals surface area contributed by atoms with Gasteiger partial charge in [0.05, 0.1) is 5.69 Å². The van der Waals surface area contributed by atoms with E-state index in [1.54, 1.807) is 26.0 Å². The van der Waals surface area contributed by atoms with Gasteiger partial charge in [-0.05, 0) is 25.5 Å². The molecule has 0 spiro atoms. The number of nitrogens with one attached hydrogen (secondary N) is 2. The van der Waals surface area contributed by atoms with Crippen molar-refractivity contribution < 1.29 is 32.7 Å². The number of nitrogens with zero attached hydrogens (tertiary/aromatic N) is 1. The van der Waals surface area contributed by atoms with Crippen molar-refractivity contribution in [3.05, 3.63) is 24.3 Å². The minimum Gasteiger partial charge on any atom is -0.454 e. The number of urea groups is 1. The van der Waals surface area contributed by atoms with Gasteiger partial charge in [0, 0.05) is 4.90 Å². The van der Waals surface area contributed by atoms with Gasteiger partial charge < -0.3 is 15.4 Å². The summed E-state index contributed by atoms with van der Waals surface area (Å²) in [6.45, 7) is 1.93. The lowest BCUT2D eigenvalue weighted by Gasteiger charge is -2.18. The minimum atomic E-state index is -2.66. The normalized spacial score (nSPS) is 19.0. The summed E-state index contributed by atoms with van der Waals surface area (Å²) in [6, 6.07) is 5.24. The number of amides is 4. The third-order valence-corrected chi connectivity index (χ3v) is 4.87. The molecule has 28 heavy (non-hydrogen) atoms. The molecule has 0 aromatic heterocycles. The molecule has 0 bridgehead atoms. The molecule has 2 N–H and O–H groups in total. The Hall–Kier alpha value is -2.69. The van der Waals surface area contributed by atoms with Gasteiger partial charge in [-0.25, -0.2) is 4.79 Å². The van der Waals surface area contributed by atoms with Crippen LogP contribution in [0.15, 0.2) is 29.2 Å². The predicted molar refractivity (Wildman–Crippen MR) is 96.8 cm³/mol. The fourth-order valence-electron chi connectivity index (χ4n) is 2.41. The van der Waals surface area contributed by atoms with Gasteiger partial charge in [0.25, 0.3) is 17.6 Å². The second-order valence-corrected chi connectivity index (χ2v) is 7.12. The van der Waals surface area contributed by atoms with Gasteiger partial charge in [0.2, 0.25) is 0 Å². The number of ether oxygens (including phenoxy) is 1. The number of alkyl halides is 2. The van der Waals surface area contributed by atoms with Gasteiger partial charge in [-0.1, -0.05) is 30.8 Å². The number of halogens is 2. The van der Waals surface area contributed by atoms with Crippen LogP contribution in [0.4, 0.5) is 19.3 Å². The summed E-state index contributed by atoms with van der Waals surface area (Å²) in [6.07, 6.45) is 0.349. The number of esters is 1. The highest BCUT2D eigenvalue weighted by atomic mass is 32.2. The lowest BCUT2D eigenvalue weighted by molar-refractivity contribution is -0.150. The van der Waals surface area contributed by atoms with Crippen molar-refractivity contribution in [2.75, 3.05) is 18.5 Å². The Morgan fingerprint density at radius 1 is 1.32 bits per heavy atom. The van der Waals surface area contributed by atoms with E-state index in [9.17, 15) is 28.0 Å². The van der Waals surface area contributed by atoms with Crippen molar-refractivity contribution in [2.45, 2.75) is 36.5 Å². The van der Waals surface area contributed by atoms with E-state index in [0.29, 0.717) is 6.42 Å². The lowest BCUT2D eigenvalue weighted by Crippen LogP contribution is -2.43. The van der Waals surface area contributed by atoms with E-state index in [-0.39, 0.29) is 22.3 Å². The first-order valence-corrected chi connectivity index (χ1v) is 9.17. The fourth-order valence-corrected chi connectivity index (χ4v) is 3.00. The Kier molecular flexibility index (Phi) is 6.95. The number of rotatable bonds is 8. The van der Waals surface area contributed by atoms with Crippen LogP contribution in [0.25, 0.3) is 0 Å². The van der Waals surface area contributed by atoms with Crippen LogP contribution in [0.2, 0.25) is 0 Å². The summed E-state index contributed by atoms with van der Waals surface area (Å²) in [7, 11) is 0. The molecule has 11 heteroatoms. The number of para-hydroxylation sites is 1. The van der Waals surface area contributed by atoms with Crippen molar-refractivity contribution in [1.82, 2.24) is 10.2 Å². The van der Waals surface area contributed by atoms with E-state index >= 15 is 0 Å². The van der Waals surface area contributed by atoms with E-state index in [1.807, 2.05) is 0 Å². The largest absolute Gasteiger partial charge is 0.454 e. The number of carbonyl (C=O) groups is 4. The third-order valence-electron chi connectivity index (χ3n) is 4.08. The van der Waals surface area contributed by atoms with Gasteiger partial charge >= 0.3 is 12.0 Å². The molecule has 2 rings (SSSR count). The third kappa shape index (κ3) is 5.18. The Balaban J connectivity index is 1.88. The molecule has 1 unspecified atom stereocenters. The van der Waals surface area contributed by atoms with Crippen LogP contribution in [0.3, 0.4) is 0 Å². The summed E-state index contributed by atoms with van der Waals surface area (Å²) >= 11 is 0.271. The molecule has 1 aromatic carbocycles. The smallest absolute Gasteiger partial charge is 0.326 e. The van der Waals surface area contributed by atoms with Gasteiger partial charge in [-0.3, -0.25) is 19.3 Å². The Morgan fingerprint density at radius 2 is 2.00 bits per heavy atom. The molecule has 1 fully saturated rings. The van der Waals surface area contributed by atoms with Crippen molar-refractivity contribution in [3.8, 4) is 0 Å².